The molecule has 0 atom stereocenters. The van der Waals surface area contributed by atoms with Crippen LogP contribution >= 0.6 is 11.3 Å². The van der Waals surface area contributed by atoms with Crippen molar-refractivity contribution < 1.29 is 14.7 Å². The number of thiazole rings is 1. The molecule has 3 N–H and O–H groups in total. The zero-order chi connectivity index (χ0) is 8.97. The molecule has 0 saturated heterocycles. The molecular weight excluding hydrogens is 182 g/mol. The minimum atomic E-state index is -0.803. The van der Waals surface area contributed by atoms with Crippen LogP contribution in [0.4, 0.5) is 5.13 Å². The summed E-state index contributed by atoms with van der Waals surface area (Å²) in [5.74, 6) is -0.704. The van der Waals surface area contributed by atoms with Crippen molar-refractivity contribution in [3.8, 4) is 5.88 Å². The number of nitrogens with two attached hydrogens (primary N) is 1. The van der Waals surface area contributed by atoms with E-state index in [0.29, 0.717) is 11.3 Å². The maximum atomic E-state index is 10.6. The molecule has 0 radical (unpaired) electrons. The lowest BCUT2D eigenvalue weighted by Gasteiger charge is -1.91. The van der Waals surface area contributed by atoms with E-state index in [4.69, 9.17) is 10.9 Å². The van der Waals surface area contributed by atoms with Gasteiger partial charge in [0.1, 0.15) is 0 Å². The van der Waals surface area contributed by atoms with E-state index in [1.54, 1.807) is 0 Å². The summed E-state index contributed by atoms with van der Waals surface area (Å²) >= 11 is 1.15. The number of rotatable bonds is 2. The highest BCUT2D eigenvalue weighted by molar-refractivity contribution is 7.13. The van der Waals surface area contributed by atoms with E-state index in [0.717, 1.165) is 11.3 Å². The zero-order valence-electron chi connectivity index (χ0n) is 5.80. The summed E-state index contributed by atoms with van der Waals surface area (Å²) in [5.41, 5.74) is 5.26. The lowest BCUT2D eigenvalue weighted by atomic mass is 10.7. The maximum Gasteiger partial charge on any atom is 0.359 e. The van der Waals surface area contributed by atoms with Crippen molar-refractivity contribution in [3.63, 3.8) is 0 Å². The summed E-state index contributed by atoms with van der Waals surface area (Å²) in [6.45, 7) is 0. The first-order valence-electron chi connectivity index (χ1n) is 2.82. The Labute approximate surface area is 71.3 Å². The van der Waals surface area contributed by atoms with Crippen LogP contribution in [0.1, 0.15) is 0 Å². The number of oxime groups is 1. The van der Waals surface area contributed by atoms with E-state index >= 15 is 0 Å². The number of aromatic nitrogens is 1. The van der Waals surface area contributed by atoms with Gasteiger partial charge < -0.3 is 15.7 Å². The Morgan fingerprint density at radius 3 is 3.17 bits per heavy atom. The van der Waals surface area contributed by atoms with Crippen molar-refractivity contribution in [3.05, 3.63) is 5.38 Å². The van der Waals surface area contributed by atoms with Crippen LogP contribution in [-0.2, 0) is 4.79 Å². The van der Waals surface area contributed by atoms with Gasteiger partial charge in [-0.3, -0.25) is 0 Å². The number of nitrogens with zero attached hydrogens (tertiary/aromatic N) is 2. The molecule has 0 spiro atoms. The fourth-order valence-electron chi connectivity index (χ4n) is 0.496. The van der Waals surface area contributed by atoms with Gasteiger partial charge in [-0.05, 0) is 0 Å². The number of carbonyl (C=O) groups is 1. The first-order valence-corrected chi connectivity index (χ1v) is 3.70. The SMILES string of the molecule is Nc1nc(OC(=O)/C=N\O)cs1. The van der Waals surface area contributed by atoms with Crippen molar-refractivity contribution in [1.82, 2.24) is 4.98 Å². The molecule has 0 amide bonds. The minimum Gasteiger partial charge on any atom is -0.411 e. The first-order chi connectivity index (χ1) is 5.72. The molecule has 0 fully saturated rings. The standard InChI is InChI=1S/C5H5N3O3S/c6-5-8-3(2-12-5)11-4(9)1-7-10/h1-2,10H,(H2,6,8)/b7-1-. The fraction of sp³-hybridized carbons (Fsp3) is 0. The molecule has 0 aromatic carbocycles. The quantitative estimate of drug-likeness (QED) is 0.296. The van der Waals surface area contributed by atoms with Crippen LogP contribution in [-0.4, -0.2) is 22.4 Å². The predicted molar refractivity (Wildman–Crippen MR) is 42.4 cm³/mol. The number of carbonyl (C=O) groups excluding carboxylic acids is 1. The smallest absolute Gasteiger partial charge is 0.359 e. The maximum absolute atomic E-state index is 10.6. The van der Waals surface area contributed by atoms with Gasteiger partial charge in [0.25, 0.3) is 0 Å². The Morgan fingerprint density at radius 1 is 1.92 bits per heavy atom. The Balaban J connectivity index is 2.58. The van der Waals surface area contributed by atoms with Gasteiger partial charge in [0, 0.05) is 0 Å². The molecule has 1 aromatic heterocycles. The second-order valence-electron chi connectivity index (χ2n) is 1.69. The molecule has 1 aromatic rings. The van der Waals surface area contributed by atoms with Crippen LogP contribution in [0, 0.1) is 0 Å². The second-order valence-corrected chi connectivity index (χ2v) is 2.58. The molecule has 1 rings (SSSR count). The van der Waals surface area contributed by atoms with Gasteiger partial charge in [-0.1, -0.05) is 5.16 Å². The Hall–Kier alpha value is -1.63. The molecule has 0 aliphatic rings. The molecular formula is C5H5N3O3S. The van der Waals surface area contributed by atoms with Crippen molar-refractivity contribution in [2.45, 2.75) is 0 Å². The second kappa shape index (κ2) is 3.67. The minimum absolute atomic E-state index is 0.0994. The van der Waals surface area contributed by atoms with E-state index in [2.05, 4.69) is 14.9 Å². The van der Waals surface area contributed by atoms with E-state index < -0.39 is 5.97 Å². The summed E-state index contributed by atoms with van der Waals surface area (Å²) < 4.78 is 4.55. The van der Waals surface area contributed by atoms with Crippen LogP contribution in [0.2, 0.25) is 0 Å². The van der Waals surface area contributed by atoms with Crippen LogP contribution in [0.25, 0.3) is 0 Å². The van der Waals surface area contributed by atoms with Crippen LogP contribution < -0.4 is 10.5 Å². The van der Waals surface area contributed by atoms with E-state index in [9.17, 15) is 4.79 Å². The molecule has 1 heterocycles. The molecule has 64 valence electrons. The number of hydrogen-bond acceptors (Lipinski definition) is 7. The molecule has 0 saturated carbocycles. The third-order valence-corrected chi connectivity index (χ3v) is 1.52. The van der Waals surface area contributed by atoms with Crippen LogP contribution in [0.5, 0.6) is 5.88 Å². The number of anilines is 1. The highest BCUT2D eigenvalue weighted by atomic mass is 32.1. The summed E-state index contributed by atoms with van der Waals surface area (Å²) in [6, 6.07) is 0. The summed E-state index contributed by atoms with van der Waals surface area (Å²) in [4.78, 5) is 14.3. The Bertz CT molecular complexity index is 309. The average Bonchev–Trinajstić information content (AvgIpc) is 2.36. The van der Waals surface area contributed by atoms with Crippen molar-refractivity contribution >= 4 is 28.7 Å². The Morgan fingerprint density at radius 2 is 2.67 bits per heavy atom. The molecule has 7 heteroatoms. The van der Waals surface area contributed by atoms with E-state index in [-0.39, 0.29) is 5.88 Å². The molecule has 0 aliphatic carbocycles. The third-order valence-electron chi connectivity index (χ3n) is 0.869. The van der Waals surface area contributed by atoms with Gasteiger partial charge in [-0.15, -0.1) is 11.3 Å². The zero-order valence-corrected chi connectivity index (χ0v) is 6.61. The highest BCUT2D eigenvalue weighted by Crippen LogP contribution is 2.17. The van der Waals surface area contributed by atoms with Gasteiger partial charge in [0.05, 0.1) is 5.38 Å². The van der Waals surface area contributed by atoms with E-state index in [1.807, 2.05) is 0 Å². The van der Waals surface area contributed by atoms with E-state index in [1.165, 1.54) is 5.38 Å². The van der Waals surface area contributed by atoms with Gasteiger partial charge in [0.15, 0.2) is 11.3 Å². The number of ether oxygens (including phenoxy) is 1. The lowest BCUT2D eigenvalue weighted by molar-refractivity contribution is -0.126. The number of hydrogen-bond donors (Lipinski definition) is 2. The van der Waals surface area contributed by atoms with Gasteiger partial charge in [-0.25, -0.2) is 4.79 Å². The van der Waals surface area contributed by atoms with Gasteiger partial charge in [0.2, 0.25) is 5.88 Å². The largest absolute Gasteiger partial charge is 0.411 e. The third kappa shape index (κ3) is 2.20. The summed E-state index contributed by atoms with van der Waals surface area (Å²) in [7, 11) is 0. The van der Waals surface area contributed by atoms with Crippen molar-refractivity contribution in [2.24, 2.45) is 5.16 Å². The molecule has 0 bridgehead atoms. The predicted octanol–water partition coefficient (Wildman–Crippen LogP) is 0.0907. The fourth-order valence-corrected chi connectivity index (χ4v) is 0.961. The van der Waals surface area contributed by atoms with Crippen LogP contribution in [0.3, 0.4) is 0 Å². The molecule has 6 nitrogen and oxygen atoms in total. The number of esters is 1. The normalized spacial score (nSPS) is 10.3. The Kier molecular flexibility index (Phi) is 2.59. The molecule has 0 aliphatic heterocycles. The van der Waals surface area contributed by atoms with Gasteiger partial charge in [-0.2, -0.15) is 4.98 Å². The first kappa shape index (κ1) is 8.47. The molecule has 0 unspecified atom stereocenters. The lowest BCUT2D eigenvalue weighted by Crippen LogP contribution is -2.09. The summed E-state index contributed by atoms with van der Waals surface area (Å²) in [6.07, 6.45) is 0.621. The highest BCUT2D eigenvalue weighted by Gasteiger charge is 2.04. The number of nitrogen functional groups attached to an aromatic ring is 1. The van der Waals surface area contributed by atoms with Gasteiger partial charge >= 0.3 is 5.97 Å². The monoisotopic (exact) mass is 187 g/mol. The summed E-state index contributed by atoms with van der Waals surface area (Å²) in [5, 5.41) is 12.2. The average molecular weight is 187 g/mol. The van der Waals surface area contributed by atoms with Crippen molar-refractivity contribution in [1.29, 1.82) is 0 Å². The molecule has 12 heavy (non-hydrogen) atoms. The van der Waals surface area contributed by atoms with Crippen molar-refractivity contribution in [2.75, 3.05) is 5.73 Å². The van der Waals surface area contributed by atoms with Crippen LogP contribution in [0.15, 0.2) is 10.5 Å². The topological polar surface area (TPSA) is 97.8 Å².